The maximum Gasteiger partial charge on any atom is 0.241 e. The monoisotopic (exact) mass is 375 g/mol. The minimum atomic E-state index is -3.52. The molecule has 1 aliphatic rings. The number of hydrogen-bond acceptors (Lipinski definition) is 4. The molecule has 0 radical (unpaired) electrons. The summed E-state index contributed by atoms with van der Waals surface area (Å²) in [6.07, 6.45) is 2.07. The van der Waals surface area contributed by atoms with Gasteiger partial charge in [-0.15, -0.1) is 0 Å². The number of sulfonamides is 1. The van der Waals surface area contributed by atoms with Crippen LogP contribution in [0.15, 0.2) is 27.6 Å². The Labute approximate surface area is 135 Å². The summed E-state index contributed by atoms with van der Waals surface area (Å²) in [6, 6.07) is 4.80. The molecule has 2 rings (SSSR count). The van der Waals surface area contributed by atoms with Crippen LogP contribution in [-0.2, 0) is 10.0 Å². The Morgan fingerprint density at radius 2 is 2.05 bits per heavy atom. The van der Waals surface area contributed by atoms with E-state index in [9.17, 15) is 8.42 Å². The zero-order valence-electron chi connectivity index (χ0n) is 12.2. The third-order valence-electron chi connectivity index (χ3n) is 3.96. The molecule has 7 heteroatoms. The lowest BCUT2D eigenvalue weighted by molar-refractivity contribution is 0.194. The summed E-state index contributed by atoms with van der Waals surface area (Å²) in [5, 5.41) is 0. The molecular weight excluding hydrogens is 354 g/mol. The largest absolute Gasteiger partial charge is 0.399 e. The van der Waals surface area contributed by atoms with Gasteiger partial charge in [0.1, 0.15) is 0 Å². The number of halogens is 1. The Balaban J connectivity index is 1.97. The molecule has 0 saturated carbocycles. The van der Waals surface area contributed by atoms with Gasteiger partial charge in [0.2, 0.25) is 10.0 Å². The van der Waals surface area contributed by atoms with Gasteiger partial charge in [0, 0.05) is 16.7 Å². The average Bonchev–Trinajstić information content (AvgIpc) is 2.48. The third kappa shape index (κ3) is 4.42. The lowest BCUT2D eigenvalue weighted by Gasteiger charge is -2.31. The number of nitrogens with two attached hydrogens (primary N) is 1. The van der Waals surface area contributed by atoms with E-state index in [0.29, 0.717) is 22.6 Å². The highest BCUT2D eigenvalue weighted by Gasteiger charge is 2.22. The molecule has 3 N–H and O–H groups in total. The summed E-state index contributed by atoms with van der Waals surface area (Å²) >= 11 is 3.27. The second-order valence-corrected chi connectivity index (χ2v) is 8.01. The van der Waals surface area contributed by atoms with Gasteiger partial charge in [-0.05, 0) is 72.5 Å². The first kappa shape index (κ1) is 16.7. The van der Waals surface area contributed by atoms with Crippen LogP contribution >= 0.6 is 15.9 Å². The van der Waals surface area contributed by atoms with Gasteiger partial charge in [0.05, 0.1) is 4.90 Å². The summed E-state index contributed by atoms with van der Waals surface area (Å²) in [5.74, 6) is 0.405. The highest BCUT2D eigenvalue weighted by Crippen LogP contribution is 2.24. The summed E-state index contributed by atoms with van der Waals surface area (Å²) in [4.78, 5) is 2.59. The molecule has 1 heterocycles. The highest BCUT2D eigenvalue weighted by molar-refractivity contribution is 9.10. The molecule has 0 atom stereocenters. The van der Waals surface area contributed by atoms with Crippen LogP contribution in [0.1, 0.15) is 19.8 Å². The summed E-state index contributed by atoms with van der Waals surface area (Å²) < 4.78 is 28.0. The van der Waals surface area contributed by atoms with Crippen LogP contribution < -0.4 is 10.5 Å². The van der Waals surface area contributed by atoms with E-state index in [1.54, 1.807) is 12.1 Å². The first-order chi connectivity index (χ1) is 9.92. The predicted molar refractivity (Wildman–Crippen MR) is 88.6 cm³/mol. The van der Waals surface area contributed by atoms with Crippen molar-refractivity contribution in [2.75, 3.05) is 31.9 Å². The number of rotatable bonds is 5. The van der Waals surface area contributed by atoms with Gasteiger partial charge in [-0.1, -0.05) is 6.92 Å². The quantitative estimate of drug-likeness (QED) is 0.772. The Kier molecular flexibility index (Phi) is 5.65. The van der Waals surface area contributed by atoms with Crippen LogP contribution in [0, 0.1) is 5.92 Å². The molecule has 0 unspecified atom stereocenters. The molecule has 0 bridgehead atoms. The van der Waals surface area contributed by atoms with E-state index in [4.69, 9.17) is 5.73 Å². The van der Waals surface area contributed by atoms with Crippen LogP contribution in [0.2, 0.25) is 0 Å². The van der Waals surface area contributed by atoms with Crippen molar-refractivity contribution in [1.29, 1.82) is 0 Å². The fraction of sp³-hybridized carbons (Fsp3) is 0.571. The number of nitrogens with zero attached hydrogens (tertiary/aromatic N) is 1. The number of benzene rings is 1. The second kappa shape index (κ2) is 7.09. The zero-order chi connectivity index (χ0) is 15.5. The molecular formula is C14H22BrN3O2S. The Morgan fingerprint density at radius 1 is 1.38 bits per heavy atom. The van der Waals surface area contributed by atoms with E-state index in [2.05, 4.69) is 32.5 Å². The maximum atomic E-state index is 12.4. The van der Waals surface area contributed by atoms with Gasteiger partial charge in [0.15, 0.2) is 0 Å². The molecule has 5 nitrogen and oxygen atoms in total. The standard InChI is InChI=1S/C14H22BrN3O2S/c1-2-18-7-5-11(6-8-18)10-17-21(19,20)14-9-12(16)3-4-13(14)15/h3-4,9,11,17H,2,5-8,10,16H2,1H3. The number of likely N-dealkylation sites (tertiary alicyclic amines) is 1. The number of hydrogen-bond donors (Lipinski definition) is 2. The first-order valence-corrected chi connectivity index (χ1v) is 9.47. The third-order valence-corrected chi connectivity index (χ3v) is 6.38. The predicted octanol–water partition coefficient (Wildman–Crippen LogP) is 2.04. The van der Waals surface area contributed by atoms with Crippen molar-refractivity contribution in [2.24, 2.45) is 5.92 Å². The molecule has 118 valence electrons. The minimum Gasteiger partial charge on any atom is -0.399 e. The van der Waals surface area contributed by atoms with E-state index in [-0.39, 0.29) is 4.90 Å². The van der Waals surface area contributed by atoms with E-state index in [1.807, 2.05) is 0 Å². The van der Waals surface area contributed by atoms with Gasteiger partial charge >= 0.3 is 0 Å². The molecule has 0 amide bonds. The van der Waals surface area contributed by atoms with Crippen LogP contribution in [-0.4, -0.2) is 39.5 Å². The summed E-state index contributed by atoms with van der Waals surface area (Å²) in [7, 11) is -3.52. The number of nitrogens with one attached hydrogen (secondary N) is 1. The molecule has 1 saturated heterocycles. The van der Waals surface area contributed by atoms with Gasteiger partial charge in [-0.2, -0.15) is 0 Å². The fourth-order valence-corrected chi connectivity index (χ4v) is 4.65. The summed E-state index contributed by atoms with van der Waals surface area (Å²) in [6.45, 7) is 5.80. The van der Waals surface area contributed by atoms with Crippen LogP contribution in [0.5, 0.6) is 0 Å². The number of nitrogen functional groups attached to an aromatic ring is 1. The van der Waals surface area contributed by atoms with E-state index >= 15 is 0 Å². The van der Waals surface area contributed by atoms with Crippen molar-refractivity contribution < 1.29 is 8.42 Å². The Bertz CT molecular complexity index is 584. The van der Waals surface area contributed by atoms with Gasteiger partial charge in [-0.3, -0.25) is 0 Å². The van der Waals surface area contributed by atoms with Crippen molar-refractivity contribution in [2.45, 2.75) is 24.7 Å². The molecule has 1 fully saturated rings. The van der Waals surface area contributed by atoms with Crippen molar-refractivity contribution in [3.63, 3.8) is 0 Å². The van der Waals surface area contributed by atoms with Gasteiger partial charge < -0.3 is 10.6 Å². The van der Waals surface area contributed by atoms with Crippen LogP contribution in [0.3, 0.4) is 0 Å². The Hall–Kier alpha value is -0.630. The van der Waals surface area contributed by atoms with Gasteiger partial charge in [0.25, 0.3) is 0 Å². The maximum absolute atomic E-state index is 12.4. The Morgan fingerprint density at radius 3 is 2.67 bits per heavy atom. The second-order valence-electron chi connectivity index (χ2n) is 5.42. The van der Waals surface area contributed by atoms with Crippen molar-refractivity contribution >= 4 is 31.6 Å². The van der Waals surface area contributed by atoms with E-state index in [1.165, 1.54) is 6.07 Å². The van der Waals surface area contributed by atoms with E-state index in [0.717, 1.165) is 32.5 Å². The molecule has 0 aromatic heterocycles. The fourth-order valence-electron chi connectivity index (χ4n) is 2.54. The number of piperidine rings is 1. The SMILES string of the molecule is CCN1CCC(CNS(=O)(=O)c2cc(N)ccc2Br)CC1. The smallest absolute Gasteiger partial charge is 0.241 e. The molecule has 1 aliphatic heterocycles. The molecule has 0 spiro atoms. The lowest BCUT2D eigenvalue weighted by atomic mass is 9.97. The van der Waals surface area contributed by atoms with Crippen LogP contribution in [0.4, 0.5) is 5.69 Å². The number of anilines is 1. The highest BCUT2D eigenvalue weighted by atomic mass is 79.9. The topological polar surface area (TPSA) is 75.4 Å². The lowest BCUT2D eigenvalue weighted by Crippen LogP contribution is -2.38. The molecule has 1 aromatic rings. The molecule has 0 aliphatic carbocycles. The summed E-state index contributed by atoms with van der Waals surface area (Å²) in [5.41, 5.74) is 6.11. The van der Waals surface area contributed by atoms with Crippen molar-refractivity contribution in [3.8, 4) is 0 Å². The molecule has 1 aromatic carbocycles. The van der Waals surface area contributed by atoms with Gasteiger partial charge in [-0.25, -0.2) is 13.1 Å². The van der Waals surface area contributed by atoms with Crippen molar-refractivity contribution in [3.05, 3.63) is 22.7 Å². The average molecular weight is 376 g/mol. The normalized spacial score (nSPS) is 18.0. The minimum absolute atomic E-state index is 0.202. The zero-order valence-corrected chi connectivity index (χ0v) is 14.6. The van der Waals surface area contributed by atoms with Crippen molar-refractivity contribution in [1.82, 2.24) is 9.62 Å². The first-order valence-electron chi connectivity index (χ1n) is 7.19. The van der Waals surface area contributed by atoms with Crippen LogP contribution in [0.25, 0.3) is 0 Å². The van der Waals surface area contributed by atoms with E-state index < -0.39 is 10.0 Å². The molecule has 21 heavy (non-hydrogen) atoms.